The molecule has 2 rings (SSSR count). The van der Waals surface area contributed by atoms with Gasteiger partial charge in [0.2, 0.25) is 0 Å². The van der Waals surface area contributed by atoms with Gasteiger partial charge < -0.3 is 5.43 Å². The van der Waals surface area contributed by atoms with Crippen molar-refractivity contribution in [3.8, 4) is 0 Å². The molecule has 0 fully saturated rings. The van der Waals surface area contributed by atoms with Crippen molar-refractivity contribution in [2.75, 3.05) is 5.43 Å². The minimum atomic E-state index is 0.385. The Morgan fingerprint density at radius 3 is 2.81 bits per heavy atom. The number of hydrogen-bond acceptors (Lipinski definition) is 6. The first-order valence-electron chi connectivity index (χ1n) is 4.10. The number of nitrogens with zero attached hydrogens (tertiary/aromatic N) is 2. The summed E-state index contributed by atoms with van der Waals surface area (Å²) in [7, 11) is 0. The fraction of sp³-hybridized carbons (Fsp3) is 0. The second-order valence-electron chi connectivity index (χ2n) is 2.65. The lowest BCUT2D eigenvalue weighted by molar-refractivity contribution is 1.10. The summed E-state index contributed by atoms with van der Waals surface area (Å²) in [5, 5.41) is 3.36. The Morgan fingerprint density at radius 1 is 1.38 bits per heavy atom. The first kappa shape index (κ1) is 11.9. The normalized spacial score (nSPS) is 10.4. The lowest BCUT2D eigenvalue weighted by Gasteiger charge is -2.06. The summed E-state index contributed by atoms with van der Waals surface area (Å²) < 4.78 is 0.861. The molecule has 0 aliphatic heterocycles. The number of aromatic nitrogens is 2. The molecule has 84 valence electrons. The van der Waals surface area contributed by atoms with Gasteiger partial charge in [-0.15, -0.1) is 11.3 Å². The van der Waals surface area contributed by atoms with Gasteiger partial charge in [0.25, 0.3) is 0 Å². The van der Waals surface area contributed by atoms with Crippen LogP contribution in [-0.2, 0) is 0 Å². The molecule has 0 aliphatic rings. The third kappa shape index (κ3) is 2.58. The highest BCUT2D eigenvalue weighted by Gasteiger charge is 2.11. The largest absolute Gasteiger partial charge is 0.307 e. The molecule has 2 aromatic heterocycles. The lowest BCUT2D eigenvalue weighted by atomic mass is 10.4. The van der Waals surface area contributed by atoms with Crippen LogP contribution in [0.3, 0.4) is 0 Å². The Hall–Kier alpha value is -0.530. The fourth-order valence-corrected chi connectivity index (χ4v) is 3.02. The van der Waals surface area contributed by atoms with Crippen LogP contribution in [0.4, 0.5) is 5.82 Å². The Kier molecular flexibility index (Phi) is 3.88. The lowest BCUT2D eigenvalue weighted by Crippen LogP contribution is -2.09. The van der Waals surface area contributed by atoms with Crippen molar-refractivity contribution in [3.63, 3.8) is 0 Å². The molecular formula is C8H6Cl2N4S2. The van der Waals surface area contributed by atoms with Gasteiger partial charge in [0, 0.05) is 11.6 Å². The zero-order valence-electron chi connectivity index (χ0n) is 7.78. The predicted octanol–water partition coefficient (Wildman–Crippen LogP) is 3.28. The Labute approximate surface area is 110 Å². The predicted molar refractivity (Wildman–Crippen MR) is 68.3 cm³/mol. The van der Waals surface area contributed by atoms with E-state index in [1.807, 2.05) is 5.38 Å². The zero-order chi connectivity index (χ0) is 11.5. The number of nitrogens with one attached hydrogen (secondary N) is 1. The van der Waals surface area contributed by atoms with Gasteiger partial charge in [0.1, 0.15) is 5.03 Å². The number of rotatable bonds is 3. The second kappa shape index (κ2) is 5.20. The topological polar surface area (TPSA) is 63.8 Å². The number of anilines is 1. The second-order valence-corrected chi connectivity index (χ2v) is 5.60. The van der Waals surface area contributed by atoms with E-state index in [1.165, 1.54) is 23.1 Å². The third-order valence-electron chi connectivity index (χ3n) is 1.63. The van der Waals surface area contributed by atoms with E-state index in [0.717, 1.165) is 4.34 Å². The summed E-state index contributed by atoms with van der Waals surface area (Å²) >= 11 is 14.8. The molecular weight excluding hydrogens is 287 g/mol. The minimum absolute atomic E-state index is 0.385. The van der Waals surface area contributed by atoms with Crippen LogP contribution in [0, 0.1) is 0 Å². The summed E-state index contributed by atoms with van der Waals surface area (Å²) in [5.41, 5.74) is 2.41. The molecule has 0 amide bonds. The van der Waals surface area contributed by atoms with Crippen LogP contribution >= 0.6 is 46.3 Å². The van der Waals surface area contributed by atoms with Crippen LogP contribution < -0.4 is 11.3 Å². The molecule has 0 saturated carbocycles. The third-order valence-corrected chi connectivity index (χ3v) is 4.20. The van der Waals surface area contributed by atoms with Gasteiger partial charge in [-0.3, -0.25) is 0 Å². The summed E-state index contributed by atoms with van der Waals surface area (Å²) in [6.07, 6.45) is 1.72. The molecule has 4 nitrogen and oxygen atoms in total. The molecule has 16 heavy (non-hydrogen) atoms. The van der Waals surface area contributed by atoms with Crippen LogP contribution in [-0.4, -0.2) is 9.97 Å². The smallest absolute Gasteiger partial charge is 0.160 e. The van der Waals surface area contributed by atoms with E-state index < -0.39 is 0 Å². The number of thiazole rings is 1. The van der Waals surface area contributed by atoms with Crippen molar-refractivity contribution in [2.24, 2.45) is 5.84 Å². The SMILES string of the molecule is NNc1nc(Sc2nccs2)c(Cl)cc1Cl. The van der Waals surface area contributed by atoms with Crippen molar-refractivity contribution < 1.29 is 0 Å². The van der Waals surface area contributed by atoms with E-state index in [-0.39, 0.29) is 0 Å². The maximum atomic E-state index is 6.02. The molecule has 0 bridgehead atoms. The highest BCUT2D eigenvalue weighted by atomic mass is 35.5. The van der Waals surface area contributed by atoms with Gasteiger partial charge in [-0.05, 0) is 17.8 Å². The summed E-state index contributed by atoms with van der Waals surface area (Å²) in [6.45, 7) is 0. The van der Waals surface area contributed by atoms with E-state index in [0.29, 0.717) is 20.9 Å². The van der Waals surface area contributed by atoms with E-state index in [2.05, 4.69) is 15.4 Å². The molecule has 3 N–H and O–H groups in total. The molecule has 0 aliphatic carbocycles. The van der Waals surface area contributed by atoms with Crippen LogP contribution in [0.5, 0.6) is 0 Å². The summed E-state index contributed by atoms with van der Waals surface area (Å²) in [6, 6.07) is 1.60. The molecule has 0 spiro atoms. The van der Waals surface area contributed by atoms with E-state index in [4.69, 9.17) is 29.0 Å². The fourth-order valence-electron chi connectivity index (χ4n) is 0.966. The molecule has 0 unspecified atom stereocenters. The zero-order valence-corrected chi connectivity index (χ0v) is 10.9. The van der Waals surface area contributed by atoms with Crippen molar-refractivity contribution >= 4 is 52.1 Å². The van der Waals surface area contributed by atoms with E-state index in [1.54, 1.807) is 12.3 Å². The number of hydrazine groups is 1. The van der Waals surface area contributed by atoms with Gasteiger partial charge in [-0.2, -0.15) is 0 Å². The van der Waals surface area contributed by atoms with Crippen molar-refractivity contribution in [1.82, 2.24) is 9.97 Å². The number of halogens is 2. The molecule has 8 heteroatoms. The number of nitrogens with two attached hydrogens (primary N) is 1. The van der Waals surface area contributed by atoms with Crippen LogP contribution in [0.25, 0.3) is 0 Å². The summed E-state index contributed by atoms with van der Waals surface area (Å²) in [5.74, 6) is 5.67. The molecule has 2 aromatic rings. The van der Waals surface area contributed by atoms with Gasteiger partial charge >= 0.3 is 0 Å². The highest BCUT2D eigenvalue weighted by molar-refractivity contribution is 8.01. The van der Waals surface area contributed by atoms with Gasteiger partial charge in [-0.25, -0.2) is 15.8 Å². The maximum Gasteiger partial charge on any atom is 0.160 e. The molecule has 0 aromatic carbocycles. The number of pyridine rings is 1. The molecule has 2 heterocycles. The van der Waals surface area contributed by atoms with E-state index in [9.17, 15) is 0 Å². The van der Waals surface area contributed by atoms with Crippen molar-refractivity contribution in [1.29, 1.82) is 0 Å². The van der Waals surface area contributed by atoms with Crippen molar-refractivity contribution in [3.05, 3.63) is 27.7 Å². The average Bonchev–Trinajstić information content (AvgIpc) is 2.75. The minimum Gasteiger partial charge on any atom is -0.307 e. The Morgan fingerprint density at radius 2 is 2.19 bits per heavy atom. The Bertz CT molecular complexity index is 489. The molecule has 0 saturated heterocycles. The van der Waals surface area contributed by atoms with Gasteiger partial charge in [0.15, 0.2) is 10.2 Å². The average molecular weight is 293 g/mol. The van der Waals surface area contributed by atoms with Crippen LogP contribution in [0.15, 0.2) is 27.0 Å². The highest BCUT2D eigenvalue weighted by Crippen LogP contribution is 2.36. The standard InChI is InChI=1S/C8H6Cl2N4S2/c9-4-3-5(10)7(13-6(4)14-11)16-8-12-1-2-15-8/h1-3H,11H2,(H,13,14). The first-order chi connectivity index (χ1) is 7.70. The van der Waals surface area contributed by atoms with Gasteiger partial charge in [0.05, 0.1) is 10.0 Å². The first-order valence-corrected chi connectivity index (χ1v) is 6.56. The molecule has 0 radical (unpaired) electrons. The van der Waals surface area contributed by atoms with Crippen LogP contribution in [0.1, 0.15) is 0 Å². The van der Waals surface area contributed by atoms with Crippen molar-refractivity contribution in [2.45, 2.75) is 9.37 Å². The van der Waals surface area contributed by atoms with E-state index >= 15 is 0 Å². The molecule has 0 atom stereocenters. The summed E-state index contributed by atoms with van der Waals surface area (Å²) in [4.78, 5) is 8.32. The van der Waals surface area contributed by atoms with Crippen LogP contribution in [0.2, 0.25) is 10.0 Å². The monoisotopic (exact) mass is 292 g/mol. The quantitative estimate of drug-likeness (QED) is 0.671. The maximum absolute atomic E-state index is 6.02. The number of hydrogen-bond donors (Lipinski definition) is 2. The number of nitrogen functional groups attached to an aromatic ring is 1. The Balaban J connectivity index is 2.33. The van der Waals surface area contributed by atoms with Gasteiger partial charge in [-0.1, -0.05) is 23.2 Å².